The van der Waals surface area contributed by atoms with E-state index in [1.165, 1.54) is 0 Å². The van der Waals surface area contributed by atoms with Crippen molar-refractivity contribution in [3.8, 4) is 11.3 Å². The molecule has 1 aromatic carbocycles. The van der Waals surface area contributed by atoms with Crippen molar-refractivity contribution in [2.75, 3.05) is 19.6 Å². The summed E-state index contributed by atoms with van der Waals surface area (Å²) < 4.78 is 6.93. The first-order valence-electron chi connectivity index (χ1n) is 8.05. The van der Waals surface area contributed by atoms with Crippen LogP contribution in [0.1, 0.15) is 25.0 Å². The van der Waals surface area contributed by atoms with E-state index in [9.17, 15) is 4.79 Å². The summed E-state index contributed by atoms with van der Waals surface area (Å²) in [7, 11) is 0. The molecular weight excluding hydrogens is 392 g/mol. The molecule has 2 aromatic rings. The van der Waals surface area contributed by atoms with Gasteiger partial charge in [0.25, 0.3) is 0 Å². The van der Waals surface area contributed by atoms with E-state index in [2.05, 4.69) is 21.2 Å². The first-order valence-corrected chi connectivity index (χ1v) is 8.85. The van der Waals surface area contributed by atoms with E-state index in [4.69, 9.17) is 4.42 Å². The summed E-state index contributed by atoms with van der Waals surface area (Å²) in [5.41, 5.74) is 1.08. The van der Waals surface area contributed by atoms with Gasteiger partial charge in [0, 0.05) is 29.5 Å². The van der Waals surface area contributed by atoms with Crippen molar-refractivity contribution < 1.29 is 9.21 Å². The number of carbonyl (C=O) groups is 1. The number of halogens is 2. The Hall–Kier alpha value is -1.30. The number of amides is 1. The zero-order chi connectivity index (χ0) is 16.1. The van der Waals surface area contributed by atoms with Gasteiger partial charge in [0.15, 0.2) is 0 Å². The molecule has 4 nitrogen and oxygen atoms in total. The molecule has 0 radical (unpaired) electrons. The monoisotopic (exact) mass is 412 g/mol. The molecule has 3 rings (SSSR count). The molecule has 6 heteroatoms. The van der Waals surface area contributed by atoms with Gasteiger partial charge < -0.3 is 14.6 Å². The number of likely N-dealkylation sites (tertiary alicyclic amines) is 1. The number of rotatable bonds is 7. The van der Waals surface area contributed by atoms with Crippen molar-refractivity contribution in [2.24, 2.45) is 0 Å². The second-order valence-corrected chi connectivity index (χ2v) is 6.70. The Morgan fingerprint density at radius 3 is 2.67 bits per heavy atom. The Bertz CT molecular complexity index is 657. The SMILES string of the molecule is Cl.O=C1CCCN1CCCNCc1ccc(-c2ccc(Br)cc2)o1. The number of nitrogens with one attached hydrogen (secondary N) is 1. The molecule has 0 spiro atoms. The molecule has 130 valence electrons. The van der Waals surface area contributed by atoms with Crippen molar-refractivity contribution in [3.05, 3.63) is 46.6 Å². The van der Waals surface area contributed by atoms with Crippen LogP contribution in [0.2, 0.25) is 0 Å². The number of hydrogen-bond acceptors (Lipinski definition) is 3. The Morgan fingerprint density at radius 1 is 1.17 bits per heavy atom. The van der Waals surface area contributed by atoms with Crippen LogP contribution in [-0.4, -0.2) is 30.4 Å². The van der Waals surface area contributed by atoms with E-state index >= 15 is 0 Å². The average molecular weight is 414 g/mol. The lowest BCUT2D eigenvalue weighted by molar-refractivity contribution is -0.127. The van der Waals surface area contributed by atoms with Gasteiger partial charge in [-0.05, 0) is 43.7 Å². The number of hydrogen-bond donors (Lipinski definition) is 1. The second kappa shape index (κ2) is 9.25. The van der Waals surface area contributed by atoms with E-state index in [1.54, 1.807) is 0 Å². The van der Waals surface area contributed by atoms with E-state index < -0.39 is 0 Å². The predicted octanol–water partition coefficient (Wildman–Crippen LogP) is 4.23. The normalized spacial score (nSPS) is 14.0. The highest BCUT2D eigenvalue weighted by molar-refractivity contribution is 9.10. The maximum absolute atomic E-state index is 11.5. The van der Waals surface area contributed by atoms with Crippen LogP contribution in [0.4, 0.5) is 0 Å². The molecule has 2 heterocycles. The zero-order valence-corrected chi connectivity index (χ0v) is 15.9. The maximum atomic E-state index is 11.5. The minimum absolute atomic E-state index is 0. The molecule has 0 bridgehead atoms. The van der Waals surface area contributed by atoms with E-state index in [0.717, 1.165) is 60.5 Å². The first kappa shape index (κ1) is 19.0. The third-order valence-electron chi connectivity index (χ3n) is 4.04. The van der Waals surface area contributed by atoms with Crippen molar-refractivity contribution in [1.29, 1.82) is 0 Å². The lowest BCUT2D eigenvalue weighted by Crippen LogP contribution is -2.28. The highest BCUT2D eigenvalue weighted by Gasteiger charge is 2.18. The lowest BCUT2D eigenvalue weighted by Gasteiger charge is -2.15. The van der Waals surface area contributed by atoms with Crippen molar-refractivity contribution in [3.63, 3.8) is 0 Å². The van der Waals surface area contributed by atoms with Crippen molar-refractivity contribution in [1.82, 2.24) is 10.2 Å². The van der Waals surface area contributed by atoms with Gasteiger partial charge in [-0.3, -0.25) is 4.79 Å². The van der Waals surface area contributed by atoms with Crippen molar-refractivity contribution in [2.45, 2.75) is 25.8 Å². The third kappa shape index (κ3) is 5.10. The number of furan rings is 1. The molecule has 1 saturated heterocycles. The van der Waals surface area contributed by atoms with Crippen LogP contribution in [-0.2, 0) is 11.3 Å². The molecule has 1 aromatic heterocycles. The highest BCUT2D eigenvalue weighted by atomic mass is 79.9. The first-order chi connectivity index (χ1) is 11.2. The minimum atomic E-state index is 0. The minimum Gasteiger partial charge on any atom is -0.460 e. The van der Waals surface area contributed by atoms with Crippen LogP contribution in [0.5, 0.6) is 0 Å². The summed E-state index contributed by atoms with van der Waals surface area (Å²) in [6.07, 6.45) is 2.71. The smallest absolute Gasteiger partial charge is 0.222 e. The molecule has 0 aliphatic carbocycles. The Morgan fingerprint density at radius 2 is 1.96 bits per heavy atom. The van der Waals surface area contributed by atoms with Crippen LogP contribution < -0.4 is 5.32 Å². The summed E-state index contributed by atoms with van der Waals surface area (Å²) >= 11 is 3.44. The summed E-state index contributed by atoms with van der Waals surface area (Å²) in [5.74, 6) is 2.12. The molecular formula is C18H22BrClN2O2. The van der Waals surface area contributed by atoms with Gasteiger partial charge in [-0.1, -0.05) is 28.1 Å². The number of benzene rings is 1. The number of nitrogens with zero attached hydrogens (tertiary/aromatic N) is 1. The van der Waals surface area contributed by atoms with Gasteiger partial charge in [-0.2, -0.15) is 0 Å². The van der Waals surface area contributed by atoms with Gasteiger partial charge in [0.1, 0.15) is 11.5 Å². The molecule has 1 fully saturated rings. The fourth-order valence-corrected chi connectivity index (χ4v) is 3.05. The maximum Gasteiger partial charge on any atom is 0.222 e. The van der Waals surface area contributed by atoms with Crippen LogP contribution in [0.3, 0.4) is 0 Å². The Kier molecular flexibility index (Phi) is 7.34. The second-order valence-electron chi connectivity index (χ2n) is 5.79. The molecule has 1 N–H and O–H groups in total. The third-order valence-corrected chi connectivity index (χ3v) is 4.57. The average Bonchev–Trinajstić information content (AvgIpc) is 3.17. The summed E-state index contributed by atoms with van der Waals surface area (Å²) in [5, 5.41) is 3.38. The number of carbonyl (C=O) groups excluding carboxylic acids is 1. The fraction of sp³-hybridized carbons (Fsp3) is 0.389. The zero-order valence-electron chi connectivity index (χ0n) is 13.5. The molecule has 1 aliphatic heterocycles. The topological polar surface area (TPSA) is 45.5 Å². The van der Waals surface area contributed by atoms with E-state index in [0.29, 0.717) is 12.5 Å². The van der Waals surface area contributed by atoms with Gasteiger partial charge >= 0.3 is 0 Å². The van der Waals surface area contributed by atoms with Crippen LogP contribution in [0.25, 0.3) is 11.3 Å². The highest BCUT2D eigenvalue weighted by Crippen LogP contribution is 2.23. The summed E-state index contributed by atoms with van der Waals surface area (Å²) in [6, 6.07) is 12.1. The fourth-order valence-electron chi connectivity index (χ4n) is 2.79. The van der Waals surface area contributed by atoms with Gasteiger partial charge in [-0.25, -0.2) is 0 Å². The van der Waals surface area contributed by atoms with Crippen LogP contribution in [0.15, 0.2) is 45.3 Å². The quantitative estimate of drug-likeness (QED) is 0.691. The molecule has 0 unspecified atom stereocenters. The molecule has 1 amide bonds. The van der Waals surface area contributed by atoms with Crippen molar-refractivity contribution >= 4 is 34.2 Å². The molecule has 0 atom stereocenters. The van der Waals surface area contributed by atoms with Gasteiger partial charge in [0.2, 0.25) is 5.91 Å². The summed E-state index contributed by atoms with van der Waals surface area (Å²) in [4.78, 5) is 13.5. The predicted molar refractivity (Wildman–Crippen MR) is 101 cm³/mol. The van der Waals surface area contributed by atoms with E-state index in [1.807, 2.05) is 41.3 Å². The Balaban J connectivity index is 0.00000208. The largest absolute Gasteiger partial charge is 0.460 e. The molecule has 1 aliphatic rings. The summed E-state index contributed by atoms with van der Waals surface area (Å²) in [6.45, 7) is 3.38. The van der Waals surface area contributed by atoms with Gasteiger partial charge in [0.05, 0.1) is 6.54 Å². The molecule has 24 heavy (non-hydrogen) atoms. The molecule has 0 saturated carbocycles. The lowest BCUT2D eigenvalue weighted by atomic mass is 10.2. The van der Waals surface area contributed by atoms with Crippen LogP contribution in [0, 0.1) is 0 Å². The van der Waals surface area contributed by atoms with Gasteiger partial charge in [-0.15, -0.1) is 12.4 Å². The standard InChI is InChI=1S/C18H21BrN2O2.ClH/c19-15-6-4-14(5-7-15)17-9-8-16(23-17)13-20-10-2-12-21-11-1-3-18(21)22;/h4-9,20H,1-3,10-13H2;1H. The Labute approximate surface area is 157 Å². The van der Waals surface area contributed by atoms with E-state index in [-0.39, 0.29) is 12.4 Å². The van der Waals surface area contributed by atoms with Crippen LogP contribution >= 0.6 is 28.3 Å².